The first-order valence-electron chi connectivity index (χ1n) is 9.35. The van der Waals surface area contributed by atoms with E-state index in [4.69, 9.17) is 4.74 Å². The van der Waals surface area contributed by atoms with Gasteiger partial charge in [0.05, 0.1) is 6.61 Å². The highest BCUT2D eigenvalue weighted by molar-refractivity contribution is 5.72. The van der Waals surface area contributed by atoms with Crippen molar-refractivity contribution in [2.75, 3.05) is 13.2 Å². The zero-order valence-electron chi connectivity index (χ0n) is 16.0. The van der Waals surface area contributed by atoms with Gasteiger partial charge in [-0.2, -0.15) is 0 Å². The highest BCUT2D eigenvalue weighted by Gasteiger charge is 2.19. The number of ether oxygens (including phenoxy) is 1. The summed E-state index contributed by atoms with van der Waals surface area (Å²) >= 11 is 0. The summed E-state index contributed by atoms with van der Waals surface area (Å²) in [5.74, 6) is 1.03. The first-order valence-corrected chi connectivity index (χ1v) is 9.35. The molecule has 0 atom stereocenters. The molecular formula is C22H28N2O2. The number of nitrogens with zero attached hydrogens (tertiary/aromatic N) is 1. The number of carbonyl (C=O) groups is 1. The third kappa shape index (κ3) is 4.44. The summed E-state index contributed by atoms with van der Waals surface area (Å²) in [6.45, 7) is 10.0. The van der Waals surface area contributed by atoms with Crippen LogP contribution in [-0.2, 0) is 30.8 Å². The van der Waals surface area contributed by atoms with Crippen molar-refractivity contribution in [3.8, 4) is 5.75 Å². The molecule has 2 aromatic carbocycles. The number of carbonyl (C=O) groups excluding carboxylic acids is 1. The van der Waals surface area contributed by atoms with Gasteiger partial charge in [0.1, 0.15) is 5.75 Å². The molecule has 1 aliphatic heterocycles. The lowest BCUT2D eigenvalue weighted by Crippen LogP contribution is -2.30. The van der Waals surface area contributed by atoms with E-state index in [0.29, 0.717) is 13.2 Å². The first-order chi connectivity index (χ1) is 12.6. The Kier molecular flexibility index (Phi) is 5.94. The minimum absolute atomic E-state index is 0.00356. The first kappa shape index (κ1) is 18.5. The molecule has 26 heavy (non-hydrogen) atoms. The zero-order valence-corrected chi connectivity index (χ0v) is 16.0. The van der Waals surface area contributed by atoms with E-state index in [-0.39, 0.29) is 5.91 Å². The molecule has 1 amide bonds. The Morgan fingerprint density at radius 3 is 2.58 bits per heavy atom. The second-order valence-corrected chi connectivity index (χ2v) is 6.95. The van der Waals surface area contributed by atoms with E-state index in [1.165, 1.54) is 22.3 Å². The number of nitrogens with one attached hydrogen (secondary N) is 1. The molecule has 0 unspecified atom stereocenters. The van der Waals surface area contributed by atoms with Gasteiger partial charge in [0, 0.05) is 33.1 Å². The molecule has 2 aromatic rings. The molecule has 3 rings (SSSR count). The fraction of sp³-hybridized carbons (Fsp3) is 0.409. The van der Waals surface area contributed by atoms with Gasteiger partial charge in [-0.1, -0.05) is 30.3 Å². The summed E-state index contributed by atoms with van der Waals surface area (Å²) in [6, 6.07) is 12.9. The summed E-state index contributed by atoms with van der Waals surface area (Å²) < 4.78 is 5.73. The van der Waals surface area contributed by atoms with Crippen molar-refractivity contribution in [1.82, 2.24) is 10.2 Å². The van der Waals surface area contributed by atoms with E-state index in [2.05, 4.69) is 53.5 Å². The van der Waals surface area contributed by atoms with Crippen molar-refractivity contribution in [2.45, 2.75) is 46.8 Å². The lowest BCUT2D eigenvalue weighted by Gasteiger charge is -2.30. The van der Waals surface area contributed by atoms with Crippen LogP contribution in [0.1, 0.15) is 41.7 Å². The summed E-state index contributed by atoms with van der Waals surface area (Å²) in [7, 11) is 0. The van der Waals surface area contributed by atoms with E-state index in [9.17, 15) is 4.79 Å². The monoisotopic (exact) mass is 352 g/mol. The van der Waals surface area contributed by atoms with Crippen LogP contribution in [0, 0.1) is 6.92 Å². The lowest BCUT2D eigenvalue weighted by molar-refractivity contribution is -0.119. The zero-order chi connectivity index (χ0) is 18.5. The summed E-state index contributed by atoms with van der Waals surface area (Å²) in [4.78, 5) is 13.5. The van der Waals surface area contributed by atoms with Gasteiger partial charge in [-0.15, -0.1) is 0 Å². The summed E-state index contributed by atoms with van der Waals surface area (Å²) in [5, 5.41) is 2.83. The Morgan fingerprint density at radius 2 is 1.88 bits per heavy atom. The molecule has 0 fully saturated rings. The standard InChI is InChI=1S/C22H28N2O2/c1-4-26-22-10-9-20-15-24(12-11-21(20)16(22)2)14-19-7-5-18(6-8-19)13-23-17(3)25/h5-10H,4,11-15H2,1-3H3,(H,23,25). The molecular weight excluding hydrogens is 324 g/mol. The number of amides is 1. The molecule has 0 aliphatic carbocycles. The molecule has 0 bridgehead atoms. The van der Waals surface area contributed by atoms with Gasteiger partial charge in [-0.3, -0.25) is 9.69 Å². The van der Waals surface area contributed by atoms with Gasteiger partial charge >= 0.3 is 0 Å². The fourth-order valence-electron chi connectivity index (χ4n) is 3.57. The van der Waals surface area contributed by atoms with Crippen molar-refractivity contribution in [1.29, 1.82) is 0 Å². The Balaban J connectivity index is 1.62. The van der Waals surface area contributed by atoms with E-state index >= 15 is 0 Å². The molecule has 1 aliphatic rings. The number of hydrogen-bond acceptors (Lipinski definition) is 3. The Hall–Kier alpha value is -2.33. The van der Waals surface area contributed by atoms with Gasteiger partial charge in [-0.25, -0.2) is 0 Å². The smallest absolute Gasteiger partial charge is 0.217 e. The maximum atomic E-state index is 11.0. The van der Waals surface area contributed by atoms with Crippen molar-refractivity contribution in [3.05, 3.63) is 64.2 Å². The minimum Gasteiger partial charge on any atom is -0.494 e. The third-order valence-corrected chi connectivity index (χ3v) is 4.99. The predicted molar refractivity (Wildman–Crippen MR) is 104 cm³/mol. The molecule has 1 heterocycles. The maximum Gasteiger partial charge on any atom is 0.217 e. The van der Waals surface area contributed by atoms with E-state index in [1.807, 2.05) is 6.92 Å². The van der Waals surface area contributed by atoms with Gasteiger partial charge in [0.15, 0.2) is 0 Å². The lowest BCUT2D eigenvalue weighted by atomic mass is 9.94. The van der Waals surface area contributed by atoms with Crippen molar-refractivity contribution in [2.24, 2.45) is 0 Å². The number of benzene rings is 2. The summed E-state index contributed by atoms with van der Waals surface area (Å²) in [5.41, 5.74) is 6.61. The van der Waals surface area contributed by atoms with Crippen LogP contribution in [0.3, 0.4) is 0 Å². The Morgan fingerprint density at radius 1 is 1.15 bits per heavy atom. The highest BCUT2D eigenvalue weighted by Crippen LogP contribution is 2.29. The molecule has 0 saturated heterocycles. The third-order valence-electron chi connectivity index (χ3n) is 4.99. The van der Waals surface area contributed by atoms with Crippen molar-refractivity contribution < 1.29 is 9.53 Å². The molecule has 138 valence electrons. The van der Waals surface area contributed by atoms with Gasteiger partial charge < -0.3 is 10.1 Å². The van der Waals surface area contributed by atoms with E-state index in [1.54, 1.807) is 6.92 Å². The fourth-order valence-corrected chi connectivity index (χ4v) is 3.57. The van der Waals surface area contributed by atoms with E-state index in [0.717, 1.165) is 37.4 Å². The Bertz CT molecular complexity index is 768. The summed E-state index contributed by atoms with van der Waals surface area (Å²) in [6.07, 6.45) is 1.07. The molecule has 1 N–H and O–H groups in total. The minimum atomic E-state index is 0.00356. The van der Waals surface area contributed by atoms with Crippen LogP contribution in [0.5, 0.6) is 5.75 Å². The van der Waals surface area contributed by atoms with Gasteiger partial charge in [0.25, 0.3) is 0 Å². The van der Waals surface area contributed by atoms with Gasteiger partial charge in [0.2, 0.25) is 5.91 Å². The SMILES string of the molecule is CCOc1ccc2c(c1C)CCN(Cc1ccc(CNC(C)=O)cc1)C2. The van der Waals surface area contributed by atoms with E-state index < -0.39 is 0 Å². The number of hydrogen-bond donors (Lipinski definition) is 1. The average Bonchev–Trinajstić information content (AvgIpc) is 2.63. The molecule has 0 saturated carbocycles. The van der Waals surface area contributed by atoms with Crippen LogP contribution in [0.2, 0.25) is 0 Å². The molecule has 0 spiro atoms. The van der Waals surface area contributed by atoms with Crippen LogP contribution >= 0.6 is 0 Å². The quantitative estimate of drug-likeness (QED) is 0.864. The topological polar surface area (TPSA) is 41.6 Å². The maximum absolute atomic E-state index is 11.0. The van der Waals surface area contributed by atoms with Crippen molar-refractivity contribution in [3.63, 3.8) is 0 Å². The molecule has 4 heteroatoms. The predicted octanol–water partition coefficient (Wildman–Crippen LogP) is 3.59. The second-order valence-electron chi connectivity index (χ2n) is 6.95. The number of fused-ring (bicyclic) bond motifs is 1. The van der Waals surface area contributed by atoms with Crippen LogP contribution in [0.4, 0.5) is 0 Å². The van der Waals surface area contributed by atoms with Crippen LogP contribution in [-0.4, -0.2) is 24.0 Å². The molecule has 0 aromatic heterocycles. The number of rotatable bonds is 6. The normalized spacial score (nSPS) is 14.0. The van der Waals surface area contributed by atoms with Crippen LogP contribution in [0.15, 0.2) is 36.4 Å². The van der Waals surface area contributed by atoms with Crippen LogP contribution in [0.25, 0.3) is 0 Å². The average molecular weight is 352 g/mol. The second kappa shape index (κ2) is 8.37. The van der Waals surface area contributed by atoms with Crippen LogP contribution < -0.4 is 10.1 Å². The largest absolute Gasteiger partial charge is 0.494 e. The highest BCUT2D eigenvalue weighted by atomic mass is 16.5. The Labute approximate surface area is 156 Å². The van der Waals surface area contributed by atoms with Crippen molar-refractivity contribution >= 4 is 5.91 Å². The van der Waals surface area contributed by atoms with Gasteiger partial charge in [-0.05, 0) is 54.2 Å². The molecule has 4 nitrogen and oxygen atoms in total. The molecule has 0 radical (unpaired) electrons.